The number of hydrogen-bond acceptors (Lipinski definition) is 3. The minimum absolute atomic E-state index is 0.00990. The van der Waals surface area contributed by atoms with Crippen LogP contribution in [0.4, 0.5) is 0 Å². The average molecular weight is 389 g/mol. The third kappa shape index (κ3) is 3.98. The van der Waals surface area contributed by atoms with Crippen molar-refractivity contribution in [2.24, 2.45) is 11.8 Å². The Kier molecular flexibility index (Phi) is 5.52. The van der Waals surface area contributed by atoms with Crippen molar-refractivity contribution >= 4 is 16.8 Å². The van der Waals surface area contributed by atoms with E-state index in [2.05, 4.69) is 19.2 Å². The van der Waals surface area contributed by atoms with Gasteiger partial charge in [0.05, 0.1) is 23.9 Å². The fourth-order valence-corrected chi connectivity index (χ4v) is 4.30. The lowest BCUT2D eigenvalue weighted by molar-refractivity contribution is 0.0892. The van der Waals surface area contributed by atoms with Crippen molar-refractivity contribution < 1.29 is 9.53 Å². The predicted octanol–water partition coefficient (Wildman–Crippen LogP) is 5.46. The van der Waals surface area contributed by atoms with Crippen LogP contribution in [-0.4, -0.2) is 24.0 Å². The first-order chi connectivity index (χ1) is 14.1. The SMILES string of the molecule is COc1ccc(-c2cc(C(=O)N[C@@H]3CCC[C@H](C)[C@@H]3C)c3ccccc3n2)cc1. The Balaban J connectivity index is 1.71. The monoisotopic (exact) mass is 388 g/mol. The molecule has 4 heteroatoms. The Hall–Kier alpha value is -2.88. The van der Waals surface area contributed by atoms with Crippen molar-refractivity contribution in [1.29, 1.82) is 0 Å². The summed E-state index contributed by atoms with van der Waals surface area (Å²) in [7, 11) is 1.65. The first-order valence-electron chi connectivity index (χ1n) is 10.4. The number of rotatable bonds is 4. The summed E-state index contributed by atoms with van der Waals surface area (Å²) in [6.07, 6.45) is 3.46. The number of fused-ring (bicyclic) bond motifs is 1. The molecule has 29 heavy (non-hydrogen) atoms. The summed E-state index contributed by atoms with van der Waals surface area (Å²) in [5.74, 6) is 1.91. The Labute approximate surface area is 172 Å². The lowest BCUT2D eigenvalue weighted by Crippen LogP contribution is -2.43. The molecule has 0 saturated heterocycles. The van der Waals surface area contributed by atoms with E-state index in [1.54, 1.807) is 7.11 Å². The van der Waals surface area contributed by atoms with Crippen LogP contribution in [0.15, 0.2) is 54.6 Å². The van der Waals surface area contributed by atoms with Crippen LogP contribution in [0.5, 0.6) is 5.75 Å². The number of pyridine rings is 1. The molecule has 1 aliphatic rings. The number of aromatic nitrogens is 1. The molecule has 0 bridgehead atoms. The zero-order valence-corrected chi connectivity index (χ0v) is 17.3. The van der Waals surface area contributed by atoms with E-state index in [0.717, 1.165) is 34.3 Å². The van der Waals surface area contributed by atoms with Gasteiger partial charge in [-0.15, -0.1) is 0 Å². The van der Waals surface area contributed by atoms with Gasteiger partial charge in [0.2, 0.25) is 0 Å². The van der Waals surface area contributed by atoms with Crippen molar-refractivity contribution in [3.8, 4) is 17.0 Å². The molecule has 1 N–H and O–H groups in total. The maximum Gasteiger partial charge on any atom is 0.252 e. The van der Waals surface area contributed by atoms with E-state index in [1.165, 1.54) is 12.8 Å². The number of carbonyl (C=O) groups excluding carboxylic acids is 1. The minimum atomic E-state index is -0.00990. The average Bonchev–Trinajstić information content (AvgIpc) is 2.76. The second kappa shape index (κ2) is 8.24. The van der Waals surface area contributed by atoms with Crippen LogP contribution >= 0.6 is 0 Å². The van der Waals surface area contributed by atoms with Gasteiger partial charge in [-0.2, -0.15) is 0 Å². The summed E-state index contributed by atoms with van der Waals surface area (Å²) < 4.78 is 5.26. The van der Waals surface area contributed by atoms with Gasteiger partial charge in [-0.25, -0.2) is 4.98 Å². The Morgan fingerprint density at radius 2 is 1.83 bits per heavy atom. The highest BCUT2D eigenvalue weighted by atomic mass is 16.5. The molecule has 0 unspecified atom stereocenters. The standard InChI is InChI=1S/C25H28N2O2/c1-16-7-6-10-22(17(16)2)27-25(28)21-15-24(18-11-13-19(29-3)14-12-18)26-23-9-5-4-8-20(21)23/h4-5,8-9,11-17,22H,6-7,10H2,1-3H3,(H,27,28)/t16-,17-,22+/m0/s1. The van der Waals surface area contributed by atoms with E-state index >= 15 is 0 Å². The van der Waals surface area contributed by atoms with E-state index in [4.69, 9.17) is 9.72 Å². The molecule has 0 spiro atoms. The smallest absolute Gasteiger partial charge is 0.252 e. The number of hydrogen-bond donors (Lipinski definition) is 1. The van der Waals surface area contributed by atoms with Gasteiger partial charge in [0, 0.05) is 17.0 Å². The first kappa shape index (κ1) is 19.4. The molecule has 1 aromatic heterocycles. The lowest BCUT2D eigenvalue weighted by Gasteiger charge is -2.34. The number of carbonyl (C=O) groups is 1. The van der Waals surface area contributed by atoms with E-state index < -0.39 is 0 Å². The molecular weight excluding hydrogens is 360 g/mol. The number of nitrogens with zero attached hydrogens (tertiary/aromatic N) is 1. The molecular formula is C25H28N2O2. The number of methoxy groups -OCH3 is 1. The van der Waals surface area contributed by atoms with E-state index in [0.29, 0.717) is 17.4 Å². The topological polar surface area (TPSA) is 51.2 Å². The third-order valence-electron chi connectivity index (χ3n) is 6.37. The van der Waals surface area contributed by atoms with Gasteiger partial charge in [0.1, 0.15) is 5.75 Å². The molecule has 150 valence electrons. The molecule has 4 nitrogen and oxygen atoms in total. The van der Waals surface area contributed by atoms with Gasteiger partial charge in [0.15, 0.2) is 0 Å². The van der Waals surface area contributed by atoms with Crippen molar-refractivity contribution in [3.05, 3.63) is 60.2 Å². The van der Waals surface area contributed by atoms with Gasteiger partial charge in [-0.3, -0.25) is 4.79 Å². The van der Waals surface area contributed by atoms with Gasteiger partial charge < -0.3 is 10.1 Å². The van der Waals surface area contributed by atoms with Crippen molar-refractivity contribution in [1.82, 2.24) is 10.3 Å². The summed E-state index contributed by atoms with van der Waals surface area (Å²) in [6.45, 7) is 4.54. The summed E-state index contributed by atoms with van der Waals surface area (Å²) in [6, 6.07) is 17.8. The summed E-state index contributed by atoms with van der Waals surface area (Å²) in [4.78, 5) is 18.1. The normalized spacial score (nSPS) is 21.7. The van der Waals surface area contributed by atoms with E-state index in [1.807, 2.05) is 54.6 Å². The Morgan fingerprint density at radius 1 is 1.07 bits per heavy atom. The molecule has 1 aliphatic carbocycles. The van der Waals surface area contributed by atoms with Crippen molar-refractivity contribution in [2.45, 2.75) is 39.2 Å². The second-order valence-corrected chi connectivity index (χ2v) is 8.15. The predicted molar refractivity (Wildman–Crippen MR) is 117 cm³/mol. The largest absolute Gasteiger partial charge is 0.497 e. The van der Waals surface area contributed by atoms with E-state index in [9.17, 15) is 4.79 Å². The van der Waals surface area contributed by atoms with E-state index in [-0.39, 0.29) is 11.9 Å². The Bertz CT molecular complexity index is 1010. The second-order valence-electron chi connectivity index (χ2n) is 8.15. The highest BCUT2D eigenvalue weighted by Gasteiger charge is 2.29. The number of amides is 1. The molecule has 3 aromatic rings. The summed E-state index contributed by atoms with van der Waals surface area (Å²) >= 11 is 0. The molecule has 3 atom stereocenters. The van der Waals surface area contributed by atoms with Crippen LogP contribution in [-0.2, 0) is 0 Å². The number of nitrogens with one attached hydrogen (secondary N) is 1. The highest BCUT2D eigenvalue weighted by molar-refractivity contribution is 6.07. The highest BCUT2D eigenvalue weighted by Crippen LogP contribution is 2.31. The molecule has 0 aliphatic heterocycles. The van der Waals surface area contributed by atoms with Gasteiger partial charge >= 0.3 is 0 Å². The minimum Gasteiger partial charge on any atom is -0.497 e. The molecule has 1 saturated carbocycles. The maximum atomic E-state index is 13.3. The van der Waals surface area contributed by atoms with Crippen LogP contribution in [0.1, 0.15) is 43.5 Å². The maximum absolute atomic E-state index is 13.3. The molecule has 2 aromatic carbocycles. The summed E-state index contributed by atoms with van der Waals surface area (Å²) in [5.41, 5.74) is 3.27. The Morgan fingerprint density at radius 3 is 2.59 bits per heavy atom. The third-order valence-corrected chi connectivity index (χ3v) is 6.37. The molecule has 4 rings (SSSR count). The lowest BCUT2D eigenvalue weighted by atomic mass is 9.78. The summed E-state index contributed by atoms with van der Waals surface area (Å²) in [5, 5.41) is 4.21. The molecule has 0 radical (unpaired) electrons. The fourth-order valence-electron chi connectivity index (χ4n) is 4.30. The number of para-hydroxylation sites is 1. The van der Waals surface area contributed by atoms with Gasteiger partial charge in [-0.05, 0) is 54.7 Å². The van der Waals surface area contributed by atoms with Crippen LogP contribution in [0.25, 0.3) is 22.2 Å². The zero-order chi connectivity index (χ0) is 20.4. The van der Waals surface area contributed by atoms with Crippen LogP contribution in [0.2, 0.25) is 0 Å². The quantitative estimate of drug-likeness (QED) is 0.645. The molecule has 1 fully saturated rings. The number of benzene rings is 2. The van der Waals surface area contributed by atoms with Gasteiger partial charge in [-0.1, -0.05) is 44.9 Å². The molecule has 1 amide bonds. The van der Waals surface area contributed by atoms with Crippen molar-refractivity contribution in [2.75, 3.05) is 7.11 Å². The van der Waals surface area contributed by atoms with Gasteiger partial charge in [0.25, 0.3) is 5.91 Å². The first-order valence-corrected chi connectivity index (χ1v) is 10.4. The van der Waals surface area contributed by atoms with Crippen molar-refractivity contribution in [3.63, 3.8) is 0 Å². The van der Waals surface area contributed by atoms with Crippen LogP contribution in [0.3, 0.4) is 0 Å². The fraction of sp³-hybridized carbons (Fsp3) is 0.360. The number of ether oxygens (including phenoxy) is 1. The van der Waals surface area contributed by atoms with Crippen LogP contribution < -0.4 is 10.1 Å². The zero-order valence-electron chi connectivity index (χ0n) is 17.3. The molecule has 1 heterocycles. The van der Waals surface area contributed by atoms with Crippen LogP contribution in [0, 0.1) is 11.8 Å².